The first-order valence-electron chi connectivity index (χ1n) is 7.73. The molecular weight excluding hydrogens is 353 g/mol. The molecule has 4 nitrogen and oxygen atoms in total. The molecule has 0 spiro atoms. The van der Waals surface area contributed by atoms with Crippen LogP contribution in [0.15, 0.2) is 53.4 Å². The molecule has 0 atom stereocenters. The van der Waals surface area contributed by atoms with Crippen molar-refractivity contribution >= 4 is 29.0 Å². The number of halogens is 1. The van der Waals surface area contributed by atoms with Gasteiger partial charge in [-0.3, -0.25) is 14.5 Å². The molecule has 130 valence electrons. The molecule has 26 heavy (non-hydrogen) atoms. The molecule has 0 aromatic heterocycles. The van der Waals surface area contributed by atoms with E-state index in [1.807, 2.05) is 0 Å². The average molecular weight is 367 g/mol. The number of carbonyl (C=O) groups is 2. The highest BCUT2D eigenvalue weighted by Gasteiger charge is 2.34. The maximum Gasteiger partial charge on any atom is 0.294 e. The average Bonchev–Trinajstić information content (AvgIpc) is 2.90. The topological polar surface area (TPSA) is 46.6 Å². The minimum Gasteiger partial charge on any atom is -0.489 e. The summed E-state index contributed by atoms with van der Waals surface area (Å²) in [7, 11) is 0. The lowest BCUT2D eigenvalue weighted by atomic mass is 10.2. The van der Waals surface area contributed by atoms with Crippen LogP contribution in [0.25, 0.3) is 6.08 Å². The Morgan fingerprint density at radius 1 is 1.15 bits per heavy atom. The predicted octanol–water partition coefficient (Wildman–Crippen LogP) is 4.07. The second kappa shape index (κ2) is 7.89. The van der Waals surface area contributed by atoms with E-state index in [2.05, 4.69) is 5.92 Å². The number of hydrogen-bond donors (Lipinski definition) is 0. The van der Waals surface area contributed by atoms with Gasteiger partial charge in [0.1, 0.15) is 18.2 Å². The van der Waals surface area contributed by atoms with Crippen molar-refractivity contribution in [1.82, 2.24) is 4.90 Å². The first kappa shape index (κ1) is 17.8. The van der Waals surface area contributed by atoms with Gasteiger partial charge < -0.3 is 4.74 Å². The van der Waals surface area contributed by atoms with Crippen molar-refractivity contribution < 1.29 is 18.7 Å². The largest absolute Gasteiger partial charge is 0.489 e. The van der Waals surface area contributed by atoms with Crippen LogP contribution in [0, 0.1) is 18.2 Å². The molecule has 0 bridgehead atoms. The van der Waals surface area contributed by atoms with E-state index in [4.69, 9.17) is 11.2 Å². The normalized spacial score (nSPS) is 15.4. The fourth-order valence-electron chi connectivity index (χ4n) is 2.32. The number of amides is 2. The molecule has 3 rings (SSSR count). The first-order valence-corrected chi connectivity index (χ1v) is 8.55. The Morgan fingerprint density at radius 3 is 2.58 bits per heavy atom. The van der Waals surface area contributed by atoms with Crippen molar-refractivity contribution in [2.45, 2.75) is 6.61 Å². The van der Waals surface area contributed by atoms with Gasteiger partial charge in [0.2, 0.25) is 0 Å². The molecule has 0 radical (unpaired) electrons. The first-order chi connectivity index (χ1) is 12.6. The van der Waals surface area contributed by atoms with Crippen LogP contribution in [0.5, 0.6) is 5.75 Å². The van der Waals surface area contributed by atoms with Gasteiger partial charge in [-0.15, -0.1) is 6.42 Å². The van der Waals surface area contributed by atoms with Gasteiger partial charge in [0.25, 0.3) is 11.1 Å². The Morgan fingerprint density at radius 2 is 1.88 bits per heavy atom. The number of nitrogens with zero attached hydrogens (tertiary/aromatic N) is 1. The third kappa shape index (κ3) is 3.95. The van der Waals surface area contributed by atoms with Gasteiger partial charge in [-0.25, -0.2) is 4.39 Å². The molecule has 1 saturated heterocycles. The fraction of sp³-hybridized carbons (Fsp3) is 0.100. The van der Waals surface area contributed by atoms with Gasteiger partial charge in [-0.1, -0.05) is 36.3 Å². The summed E-state index contributed by atoms with van der Waals surface area (Å²) in [5.41, 5.74) is 1.22. The van der Waals surface area contributed by atoms with Gasteiger partial charge in [0, 0.05) is 5.56 Å². The molecule has 2 aromatic carbocycles. The molecule has 1 fully saturated rings. The van der Waals surface area contributed by atoms with E-state index in [-0.39, 0.29) is 24.2 Å². The van der Waals surface area contributed by atoms with E-state index < -0.39 is 5.91 Å². The Kier molecular flexibility index (Phi) is 5.40. The molecule has 0 saturated carbocycles. The highest BCUT2D eigenvalue weighted by atomic mass is 32.2. The Bertz CT molecular complexity index is 915. The summed E-state index contributed by atoms with van der Waals surface area (Å²) in [6, 6.07) is 13.4. The number of terminal acetylenes is 1. The fourth-order valence-corrected chi connectivity index (χ4v) is 3.15. The standard InChI is InChI=1S/C20H14FNO3S/c1-2-11-22-19(23)18(26-20(22)24)12-14-7-9-16(10-8-14)25-13-15-5-3-4-6-17(15)21/h1,3-10,12H,11,13H2/b18-12+. The zero-order valence-electron chi connectivity index (χ0n) is 13.6. The summed E-state index contributed by atoms with van der Waals surface area (Å²) in [6.45, 7) is 0.0851. The van der Waals surface area contributed by atoms with Crippen LogP contribution in [0.4, 0.5) is 9.18 Å². The molecule has 1 aliphatic rings. The minimum atomic E-state index is -0.391. The molecule has 1 heterocycles. The Balaban J connectivity index is 1.67. The number of hydrogen-bond acceptors (Lipinski definition) is 4. The molecule has 6 heteroatoms. The number of carbonyl (C=O) groups excluding carboxylic acids is 2. The predicted molar refractivity (Wildman–Crippen MR) is 98.7 cm³/mol. The molecule has 2 amide bonds. The van der Waals surface area contributed by atoms with E-state index >= 15 is 0 Å². The second-order valence-corrected chi connectivity index (χ2v) is 6.41. The minimum absolute atomic E-state index is 0.0369. The third-order valence-electron chi connectivity index (χ3n) is 3.65. The smallest absolute Gasteiger partial charge is 0.294 e. The highest BCUT2D eigenvalue weighted by molar-refractivity contribution is 8.18. The summed E-state index contributed by atoms with van der Waals surface area (Å²) in [4.78, 5) is 25.2. The zero-order valence-corrected chi connectivity index (χ0v) is 14.5. The van der Waals surface area contributed by atoms with Crippen molar-refractivity contribution in [3.8, 4) is 18.1 Å². The lowest BCUT2D eigenvalue weighted by Crippen LogP contribution is -2.28. The molecular formula is C20H14FNO3S. The zero-order chi connectivity index (χ0) is 18.5. The van der Waals surface area contributed by atoms with Crippen LogP contribution in [0.3, 0.4) is 0 Å². The van der Waals surface area contributed by atoms with Crippen LogP contribution in [0.1, 0.15) is 11.1 Å². The SMILES string of the molecule is C#CCN1C(=O)S/C(=C/c2ccc(OCc3ccccc3F)cc2)C1=O. The van der Waals surface area contributed by atoms with Crippen LogP contribution in [-0.2, 0) is 11.4 Å². The van der Waals surface area contributed by atoms with Crippen molar-refractivity contribution in [3.63, 3.8) is 0 Å². The third-order valence-corrected chi connectivity index (χ3v) is 4.56. The number of benzene rings is 2. The van der Waals surface area contributed by atoms with E-state index in [0.717, 1.165) is 22.2 Å². The van der Waals surface area contributed by atoms with Gasteiger partial charge in [0.05, 0.1) is 11.4 Å². The Labute approximate surface area is 154 Å². The van der Waals surface area contributed by atoms with Gasteiger partial charge in [-0.2, -0.15) is 0 Å². The number of ether oxygens (including phenoxy) is 1. The maximum absolute atomic E-state index is 13.6. The van der Waals surface area contributed by atoms with Crippen LogP contribution in [-0.4, -0.2) is 22.6 Å². The lowest BCUT2D eigenvalue weighted by Gasteiger charge is -2.07. The molecule has 1 aliphatic heterocycles. The van der Waals surface area contributed by atoms with Crippen molar-refractivity contribution in [1.29, 1.82) is 0 Å². The lowest BCUT2D eigenvalue weighted by molar-refractivity contribution is -0.122. The quantitative estimate of drug-likeness (QED) is 0.590. The van der Waals surface area contributed by atoms with Crippen LogP contribution >= 0.6 is 11.8 Å². The monoisotopic (exact) mass is 367 g/mol. The van der Waals surface area contributed by atoms with E-state index in [1.54, 1.807) is 48.5 Å². The molecule has 0 unspecified atom stereocenters. The van der Waals surface area contributed by atoms with Gasteiger partial charge >= 0.3 is 0 Å². The number of rotatable bonds is 5. The van der Waals surface area contributed by atoms with Crippen LogP contribution in [0.2, 0.25) is 0 Å². The summed E-state index contributed by atoms with van der Waals surface area (Å²) in [5.74, 6) is 2.17. The van der Waals surface area contributed by atoms with Crippen molar-refractivity contribution in [2.75, 3.05) is 6.54 Å². The summed E-state index contributed by atoms with van der Waals surface area (Å²) in [5, 5.41) is -0.371. The number of imide groups is 1. The van der Waals surface area contributed by atoms with Crippen molar-refractivity contribution in [2.24, 2.45) is 0 Å². The summed E-state index contributed by atoms with van der Waals surface area (Å²) in [6.07, 6.45) is 6.79. The summed E-state index contributed by atoms with van der Waals surface area (Å²) < 4.78 is 19.1. The van der Waals surface area contributed by atoms with Crippen LogP contribution < -0.4 is 4.74 Å². The maximum atomic E-state index is 13.6. The van der Waals surface area contributed by atoms with Gasteiger partial charge in [0.15, 0.2) is 0 Å². The summed E-state index contributed by atoms with van der Waals surface area (Å²) >= 11 is 0.860. The number of thioether (sulfide) groups is 1. The van der Waals surface area contributed by atoms with E-state index in [9.17, 15) is 14.0 Å². The second-order valence-electron chi connectivity index (χ2n) is 5.42. The molecule has 0 N–H and O–H groups in total. The Hall–Kier alpha value is -3.04. The highest BCUT2D eigenvalue weighted by Crippen LogP contribution is 2.32. The van der Waals surface area contributed by atoms with Gasteiger partial charge in [-0.05, 0) is 41.6 Å². The molecule has 2 aromatic rings. The molecule has 0 aliphatic carbocycles. The van der Waals surface area contributed by atoms with Crippen molar-refractivity contribution in [3.05, 3.63) is 70.4 Å². The van der Waals surface area contributed by atoms with E-state index in [1.165, 1.54) is 6.07 Å². The van der Waals surface area contributed by atoms with E-state index in [0.29, 0.717) is 16.2 Å².